The maximum atomic E-state index is 5.39. The van der Waals surface area contributed by atoms with Gasteiger partial charge in [-0.05, 0) is 33.4 Å². The molecule has 0 bridgehead atoms. The SMILES string of the molecule is COC(OC)c1ccc(/C=C/c2cccc(/C=C/c3ccc(C(OC)OC)cc3)c2/C=C/c2ccc(C(OC)OC)cc2)cc1. The van der Waals surface area contributed by atoms with Crippen molar-refractivity contribution in [1.29, 1.82) is 0 Å². The number of ether oxygens (including phenoxy) is 6. The summed E-state index contributed by atoms with van der Waals surface area (Å²) in [6.45, 7) is 0. The van der Waals surface area contributed by atoms with Gasteiger partial charge in [-0.15, -0.1) is 0 Å². The second-order valence-electron chi connectivity index (χ2n) is 10.3. The molecule has 6 nitrogen and oxygen atoms in total. The zero-order valence-electron chi connectivity index (χ0n) is 26.8. The van der Waals surface area contributed by atoms with Gasteiger partial charge in [-0.1, -0.05) is 127 Å². The number of hydrogen-bond donors (Lipinski definition) is 0. The highest BCUT2D eigenvalue weighted by molar-refractivity contribution is 5.85. The van der Waals surface area contributed by atoms with Crippen LogP contribution in [0, 0.1) is 0 Å². The van der Waals surface area contributed by atoms with Gasteiger partial charge in [0.25, 0.3) is 0 Å². The first-order valence-corrected chi connectivity index (χ1v) is 14.7. The van der Waals surface area contributed by atoms with Crippen molar-refractivity contribution < 1.29 is 28.4 Å². The van der Waals surface area contributed by atoms with Crippen molar-refractivity contribution in [2.24, 2.45) is 0 Å². The quantitative estimate of drug-likeness (QED) is 0.0994. The Morgan fingerprint density at radius 2 is 0.644 bits per heavy atom. The summed E-state index contributed by atoms with van der Waals surface area (Å²) in [6, 6.07) is 30.8. The minimum absolute atomic E-state index is 0.384. The van der Waals surface area contributed by atoms with Crippen LogP contribution in [0.3, 0.4) is 0 Å². The molecule has 0 heterocycles. The maximum absolute atomic E-state index is 5.39. The molecule has 0 spiro atoms. The van der Waals surface area contributed by atoms with Crippen molar-refractivity contribution in [3.8, 4) is 0 Å². The lowest BCUT2D eigenvalue weighted by Gasteiger charge is -2.13. The van der Waals surface area contributed by atoms with E-state index in [4.69, 9.17) is 28.4 Å². The summed E-state index contributed by atoms with van der Waals surface area (Å²) >= 11 is 0. The first-order valence-electron chi connectivity index (χ1n) is 14.7. The summed E-state index contributed by atoms with van der Waals surface area (Å²) in [7, 11) is 9.81. The minimum atomic E-state index is -0.390. The Bertz CT molecular complexity index is 1460. The van der Waals surface area contributed by atoms with Gasteiger partial charge >= 0.3 is 0 Å². The molecule has 4 aromatic carbocycles. The standard InChI is InChI=1S/C39H42O6/c1-40-37(41-2)33-21-12-28(13-22-33)10-19-31-8-7-9-32(20-11-29-14-23-34(24-15-29)38(42-3)43-4)36(31)27-18-30-16-25-35(26-17-30)39(44-5)45-6/h7-27,37-39H,1-6H3/b19-10+,20-11+,27-18+. The van der Waals surface area contributed by atoms with Crippen LogP contribution in [0.1, 0.15) is 68.9 Å². The van der Waals surface area contributed by atoms with Gasteiger partial charge in [-0.3, -0.25) is 0 Å². The Morgan fingerprint density at radius 1 is 0.356 bits per heavy atom. The van der Waals surface area contributed by atoms with Crippen LogP contribution in [-0.2, 0) is 28.4 Å². The molecule has 0 aliphatic heterocycles. The van der Waals surface area contributed by atoms with Gasteiger partial charge < -0.3 is 28.4 Å². The second-order valence-corrected chi connectivity index (χ2v) is 10.3. The molecule has 0 aliphatic rings. The van der Waals surface area contributed by atoms with E-state index < -0.39 is 6.29 Å². The topological polar surface area (TPSA) is 55.4 Å². The van der Waals surface area contributed by atoms with E-state index in [-0.39, 0.29) is 12.6 Å². The van der Waals surface area contributed by atoms with Gasteiger partial charge in [-0.25, -0.2) is 0 Å². The lowest BCUT2D eigenvalue weighted by molar-refractivity contribution is -0.106. The summed E-state index contributed by atoms with van der Waals surface area (Å²) in [5.41, 5.74) is 9.41. The van der Waals surface area contributed by atoms with Gasteiger partial charge in [0.2, 0.25) is 0 Å². The molecule has 234 valence electrons. The average Bonchev–Trinajstić information content (AvgIpc) is 3.09. The molecule has 4 rings (SSSR count). The van der Waals surface area contributed by atoms with E-state index in [9.17, 15) is 0 Å². The fraction of sp³-hybridized carbons (Fsp3) is 0.231. The van der Waals surface area contributed by atoms with E-state index in [2.05, 4.69) is 91.1 Å². The van der Waals surface area contributed by atoms with Crippen molar-refractivity contribution >= 4 is 36.5 Å². The highest BCUT2D eigenvalue weighted by Crippen LogP contribution is 2.26. The van der Waals surface area contributed by atoms with E-state index in [1.54, 1.807) is 42.7 Å². The zero-order chi connectivity index (χ0) is 32.0. The van der Waals surface area contributed by atoms with E-state index in [1.165, 1.54) is 0 Å². The molecule has 0 aliphatic carbocycles. The predicted octanol–water partition coefficient (Wildman–Crippen LogP) is 9.07. The molecule has 45 heavy (non-hydrogen) atoms. The normalized spacial score (nSPS) is 12.2. The lowest BCUT2D eigenvalue weighted by Crippen LogP contribution is -2.03. The first kappa shape index (κ1) is 33.7. The van der Waals surface area contributed by atoms with Crippen LogP contribution in [0.4, 0.5) is 0 Å². The Balaban J connectivity index is 1.66. The number of benzene rings is 4. The molecule has 0 aromatic heterocycles. The highest BCUT2D eigenvalue weighted by Gasteiger charge is 2.10. The second kappa shape index (κ2) is 17.4. The number of hydrogen-bond acceptors (Lipinski definition) is 6. The summed E-state index contributed by atoms with van der Waals surface area (Å²) in [5.74, 6) is 0. The van der Waals surface area contributed by atoms with Crippen LogP contribution in [-0.4, -0.2) is 42.7 Å². The van der Waals surface area contributed by atoms with Crippen molar-refractivity contribution in [1.82, 2.24) is 0 Å². The fourth-order valence-electron chi connectivity index (χ4n) is 5.03. The van der Waals surface area contributed by atoms with Crippen LogP contribution in [0.5, 0.6) is 0 Å². The summed E-state index contributed by atoms with van der Waals surface area (Å²) < 4.78 is 32.3. The fourth-order valence-corrected chi connectivity index (χ4v) is 5.03. The monoisotopic (exact) mass is 606 g/mol. The Hall–Kier alpha value is -4.14. The Labute approximate surface area is 267 Å². The number of methoxy groups -OCH3 is 6. The molecule has 0 radical (unpaired) electrons. The lowest BCUT2D eigenvalue weighted by atomic mass is 9.97. The molecule has 0 atom stereocenters. The molecule has 0 unspecified atom stereocenters. The maximum Gasteiger partial charge on any atom is 0.183 e. The van der Waals surface area contributed by atoms with Crippen LogP contribution in [0.2, 0.25) is 0 Å². The van der Waals surface area contributed by atoms with Crippen molar-refractivity contribution in [3.63, 3.8) is 0 Å². The van der Waals surface area contributed by atoms with Crippen molar-refractivity contribution in [2.45, 2.75) is 18.9 Å². The zero-order valence-corrected chi connectivity index (χ0v) is 26.8. The molecule has 6 heteroatoms. The highest BCUT2D eigenvalue weighted by atomic mass is 16.7. The summed E-state index contributed by atoms with van der Waals surface area (Å²) in [4.78, 5) is 0. The van der Waals surface area contributed by atoms with Gasteiger partial charge in [0, 0.05) is 59.3 Å². The summed E-state index contributed by atoms with van der Waals surface area (Å²) in [5, 5.41) is 0. The third-order valence-electron chi connectivity index (χ3n) is 7.44. The molecular weight excluding hydrogens is 564 g/mol. The van der Waals surface area contributed by atoms with Crippen LogP contribution < -0.4 is 0 Å². The molecule has 0 fully saturated rings. The first-order chi connectivity index (χ1) is 22.0. The molecule has 0 saturated carbocycles. The van der Waals surface area contributed by atoms with E-state index >= 15 is 0 Å². The van der Waals surface area contributed by atoms with Gasteiger partial charge in [0.1, 0.15) is 0 Å². The van der Waals surface area contributed by atoms with Crippen molar-refractivity contribution in [2.75, 3.05) is 42.7 Å². The van der Waals surface area contributed by atoms with E-state index in [0.717, 1.165) is 50.1 Å². The third-order valence-corrected chi connectivity index (χ3v) is 7.44. The van der Waals surface area contributed by atoms with E-state index in [1.807, 2.05) is 36.4 Å². The van der Waals surface area contributed by atoms with Gasteiger partial charge in [0.05, 0.1) is 0 Å². The molecule has 4 aromatic rings. The smallest absolute Gasteiger partial charge is 0.183 e. The molecular formula is C39H42O6. The minimum Gasteiger partial charge on any atom is -0.352 e. The van der Waals surface area contributed by atoms with Crippen molar-refractivity contribution in [3.05, 3.63) is 141 Å². The summed E-state index contributed by atoms with van der Waals surface area (Å²) in [6.07, 6.45) is 11.6. The Morgan fingerprint density at radius 3 is 0.933 bits per heavy atom. The Kier molecular flexibility index (Phi) is 13.0. The number of rotatable bonds is 15. The largest absolute Gasteiger partial charge is 0.352 e. The third kappa shape index (κ3) is 9.19. The average molecular weight is 607 g/mol. The van der Waals surface area contributed by atoms with Gasteiger partial charge in [-0.2, -0.15) is 0 Å². The molecule has 0 amide bonds. The molecule has 0 saturated heterocycles. The van der Waals surface area contributed by atoms with E-state index in [0.29, 0.717) is 0 Å². The van der Waals surface area contributed by atoms with Crippen LogP contribution >= 0.6 is 0 Å². The van der Waals surface area contributed by atoms with Gasteiger partial charge in [0.15, 0.2) is 18.9 Å². The van der Waals surface area contributed by atoms with Crippen LogP contribution in [0.15, 0.2) is 91.0 Å². The molecule has 0 N–H and O–H groups in total. The van der Waals surface area contributed by atoms with Crippen LogP contribution in [0.25, 0.3) is 36.5 Å². The predicted molar refractivity (Wildman–Crippen MR) is 183 cm³/mol.